The maximum Gasteiger partial charge on any atom is 0.247 e. The van der Waals surface area contributed by atoms with E-state index in [1.165, 1.54) is 6.92 Å². The highest BCUT2D eigenvalue weighted by atomic mass is 16.2. The van der Waals surface area contributed by atoms with Gasteiger partial charge in [0.05, 0.1) is 0 Å². The smallest absolute Gasteiger partial charge is 0.247 e. The molecule has 25 heavy (non-hydrogen) atoms. The lowest BCUT2D eigenvalue weighted by Gasteiger charge is -2.23. The number of hydrogen-bond acceptors (Lipinski definition) is 3. The minimum Gasteiger partial charge on any atom is -0.344 e. The van der Waals surface area contributed by atoms with E-state index in [1.54, 1.807) is 24.3 Å². The Balaban J connectivity index is 1.65. The minimum absolute atomic E-state index is 0.0329. The van der Waals surface area contributed by atoms with E-state index in [1.807, 2.05) is 0 Å². The Bertz CT molecular complexity index is 664. The summed E-state index contributed by atoms with van der Waals surface area (Å²) in [6, 6.07) is 6.62. The molecular formula is C19H25N3O3. The van der Waals surface area contributed by atoms with Gasteiger partial charge < -0.3 is 16.0 Å². The van der Waals surface area contributed by atoms with E-state index in [4.69, 9.17) is 0 Å². The molecule has 0 saturated heterocycles. The molecular weight excluding hydrogens is 318 g/mol. The number of carbonyl (C=O) groups is 3. The maximum absolute atomic E-state index is 12.7. The molecule has 2 fully saturated rings. The van der Waals surface area contributed by atoms with Crippen molar-refractivity contribution in [2.75, 3.05) is 10.6 Å². The van der Waals surface area contributed by atoms with Gasteiger partial charge in [-0.15, -0.1) is 0 Å². The van der Waals surface area contributed by atoms with Crippen molar-refractivity contribution >= 4 is 29.1 Å². The Labute approximate surface area is 147 Å². The van der Waals surface area contributed by atoms with Crippen LogP contribution < -0.4 is 16.0 Å². The molecule has 6 nitrogen and oxygen atoms in total. The number of anilines is 2. The summed E-state index contributed by atoms with van der Waals surface area (Å²) in [6.45, 7) is 1.43. The first-order valence-electron chi connectivity index (χ1n) is 9.02. The molecule has 134 valence electrons. The zero-order chi connectivity index (χ0) is 17.8. The van der Waals surface area contributed by atoms with Gasteiger partial charge >= 0.3 is 0 Å². The van der Waals surface area contributed by atoms with Gasteiger partial charge in [0.15, 0.2) is 0 Å². The van der Waals surface area contributed by atoms with Crippen LogP contribution in [0.4, 0.5) is 11.4 Å². The molecule has 1 unspecified atom stereocenters. The van der Waals surface area contributed by atoms with Crippen molar-refractivity contribution in [2.45, 2.75) is 51.5 Å². The van der Waals surface area contributed by atoms with E-state index in [2.05, 4.69) is 16.0 Å². The predicted molar refractivity (Wildman–Crippen MR) is 96.0 cm³/mol. The molecule has 3 rings (SSSR count). The largest absolute Gasteiger partial charge is 0.344 e. The standard InChI is InChI=1S/C19H25N3O3/c1-12(23)20-17(13-5-2-3-6-13)19(25)22-16-8-4-7-15(11-16)21-18(24)14-9-10-14/h4,7-8,11,13-14,17H,2-3,5-6,9-10H2,1H3,(H,20,23)(H,21,24)(H,22,25). The summed E-state index contributed by atoms with van der Waals surface area (Å²) in [6.07, 6.45) is 5.99. The lowest BCUT2D eigenvalue weighted by atomic mass is 9.97. The van der Waals surface area contributed by atoms with E-state index >= 15 is 0 Å². The summed E-state index contributed by atoms with van der Waals surface area (Å²) in [7, 11) is 0. The van der Waals surface area contributed by atoms with Crippen LogP contribution in [0.5, 0.6) is 0 Å². The normalized spacial score (nSPS) is 18.4. The molecule has 0 aromatic heterocycles. The van der Waals surface area contributed by atoms with Crippen LogP contribution in [-0.4, -0.2) is 23.8 Å². The van der Waals surface area contributed by atoms with Crippen LogP contribution >= 0.6 is 0 Å². The first kappa shape index (κ1) is 17.5. The van der Waals surface area contributed by atoms with Crippen molar-refractivity contribution in [3.8, 4) is 0 Å². The minimum atomic E-state index is -0.510. The zero-order valence-electron chi connectivity index (χ0n) is 14.5. The summed E-state index contributed by atoms with van der Waals surface area (Å²) in [5.41, 5.74) is 1.29. The van der Waals surface area contributed by atoms with Crippen molar-refractivity contribution in [3.05, 3.63) is 24.3 Å². The van der Waals surface area contributed by atoms with Gasteiger partial charge in [-0.1, -0.05) is 18.9 Å². The van der Waals surface area contributed by atoms with E-state index in [0.29, 0.717) is 11.4 Å². The second kappa shape index (κ2) is 7.68. The number of rotatable bonds is 6. The van der Waals surface area contributed by atoms with Gasteiger partial charge in [-0.05, 0) is 49.8 Å². The third kappa shape index (κ3) is 4.81. The summed E-state index contributed by atoms with van der Waals surface area (Å²) < 4.78 is 0. The molecule has 0 bridgehead atoms. The summed E-state index contributed by atoms with van der Waals surface area (Å²) >= 11 is 0. The van der Waals surface area contributed by atoms with Gasteiger partial charge in [-0.25, -0.2) is 0 Å². The van der Waals surface area contributed by atoms with Gasteiger partial charge in [-0.2, -0.15) is 0 Å². The molecule has 2 saturated carbocycles. The molecule has 0 heterocycles. The van der Waals surface area contributed by atoms with Gasteiger partial charge in [-0.3, -0.25) is 14.4 Å². The van der Waals surface area contributed by atoms with Crippen molar-refractivity contribution in [2.24, 2.45) is 11.8 Å². The van der Waals surface area contributed by atoms with Gasteiger partial charge in [0.25, 0.3) is 0 Å². The number of nitrogens with one attached hydrogen (secondary N) is 3. The lowest BCUT2D eigenvalue weighted by Crippen LogP contribution is -2.47. The Hall–Kier alpha value is -2.37. The van der Waals surface area contributed by atoms with E-state index in [0.717, 1.165) is 38.5 Å². The molecule has 1 aromatic rings. The first-order chi connectivity index (χ1) is 12.0. The SMILES string of the molecule is CC(=O)NC(C(=O)Nc1cccc(NC(=O)C2CC2)c1)C1CCCC1. The summed E-state index contributed by atoms with van der Waals surface area (Å²) in [5.74, 6) is -0.0535. The third-order valence-corrected chi connectivity index (χ3v) is 4.86. The van der Waals surface area contributed by atoms with Crippen molar-refractivity contribution in [3.63, 3.8) is 0 Å². The number of carbonyl (C=O) groups excluding carboxylic acids is 3. The molecule has 0 aliphatic heterocycles. The monoisotopic (exact) mass is 343 g/mol. The van der Waals surface area contributed by atoms with Gasteiger partial charge in [0.1, 0.15) is 6.04 Å². The van der Waals surface area contributed by atoms with Crippen LogP contribution in [0, 0.1) is 11.8 Å². The van der Waals surface area contributed by atoms with Crippen LogP contribution in [0.25, 0.3) is 0 Å². The Kier molecular flexibility index (Phi) is 5.36. The van der Waals surface area contributed by atoms with Crippen molar-refractivity contribution in [1.29, 1.82) is 0 Å². The molecule has 2 aliphatic rings. The number of benzene rings is 1. The highest BCUT2D eigenvalue weighted by molar-refractivity contribution is 5.98. The molecule has 0 spiro atoms. The molecule has 6 heteroatoms. The molecule has 2 aliphatic carbocycles. The van der Waals surface area contributed by atoms with E-state index in [9.17, 15) is 14.4 Å². The van der Waals surface area contributed by atoms with Gasteiger partial charge in [0, 0.05) is 24.2 Å². The van der Waals surface area contributed by atoms with E-state index in [-0.39, 0.29) is 29.6 Å². The van der Waals surface area contributed by atoms with Crippen LogP contribution in [0.1, 0.15) is 45.4 Å². The Morgan fingerprint density at radius 1 is 1.00 bits per heavy atom. The summed E-state index contributed by atoms with van der Waals surface area (Å²) in [4.78, 5) is 36.0. The third-order valence-electron chi connectivity index (χ3n) is 4.86. The lowest BCUT2D eigenvalue weighted by molar-refractivity contribution is -0.126. The topological polar surface area (TPSA) is 87.3 Å². The fraction of sp³-hybridized carbons (Fsp3) is 0.526. The van der Waals surface area contributed by atoms with Crippen LogP contribution in [0.3, 0.4) is 0 Å². The van der Waals surface area contributed by atoms with Gasteiger partial charge in [0.2, 0.25) is 17.7 Å². The fourth-order valence-electron chi connectivity index (χ4n) is 3.39. The first-order valence-corrected chi connectivity index (χ1v) is 9.02. The molecule has 1 aromatic carbocycles. The van der Waals surface area contributed by atoms with Crippen LogP contribution in [-0.2, 0) is 14.4 Å². The average Bonchev–Trinajstić information content (AvgIpc) is 3.28. The van der Waals surface area contributed by atoms with Crippen molar-refractivity contribution in [1.82, 2.24) is 5.32 Å². The number of amides is 3. The molecule has 0 radical (unpaired) electrons. The highest BCUT2D eigenvalue weighted by Crippen LogP contribution is 2.31. The van der Waals surface area contributed by atoms with Crippen molar-refractivity contribution < 1.29 is 14.4 Å². The summed E-state index contributed by atoms with van der Waals surface area (Å²) in [5, 5.41) is 8.54. The fourth-order valence-corrected chi connectivity index (χ4v) is 3.39. The zero-order valence-corrected chi connectivity index (χ0v) is 14.5. The second-order valence-corrected chi connectivity index (χ2v) is 7.06. The average molecular weight is 343 g/mol. The molecule has 3 amide bonds. The Morgan fingerprint density at radius 2 is 1.64 bits per heavy atom. The second-order valence-electron chi connectivity index (χ2n) is 7.06. The predicted octanol–water partition coefficient (Wildman–Crippen LogP) is 2.67. The molecule has 1 atom stereocenters. The number of hydrogen-bond donors (Lipinski definition) is 3. The van der Waals surface area contributed by atoms with E-state index < -0.39 is 6.04 Å². The molecule has 3 N–H and O–H groups in total. The van der Waals surface area contributed by atoms with Crippen LogP contribution in [0.2, 0.25) is 0 Å². The Morgan fingerprint density at radius 3 is 2.24 bits per heavy atom. The maximum atomic E-state index is 12.7. The highest BCUT2D eigenvalue weighted by Gasteiger charge is 2.32. The quantitative estimate of drug-likeness (QED) is 0.742. The van der Waals surface area contributed by atoms with Crippen LogP contribution in [0.15, 0.2) is 24.3 Å².